The van der Waals surface area contributed by atoms with Crippen LogP contribution in [0.15, 0.2) is 66.7 Å². The SMILES string of the molecule is COc1ccc(C(=O)Oc2ccc(OC(=O)c3ccc(C)cc3)cc2C)cc1.S. The number of carbonyl (C=O) groups is 2. The van der Waals surface area contributed by atoms with Crippen molar-refractivity contribution in [2.24, 2.45) is 0 Å². The summed E-state index contributed by atoms with van der Waals surface area (Å²) < 4.78 is 15.9. The zero-order valence-electron chi connectivity index (χ0n) is 16.4. The fraction of sp³-hybridized carbons (Fsp3) is 0.130. The monoisotopic (exact) mass is 410 g/mol. The molecule has 0 amide bonds. The third-order valence-electron chi connectivity index (χ3n) is 4.17. The second-order valence-corrected chi connectivity index (χ2v) is 6.30. The van der Waals surface area contributed by atoms with E-state index < -0.39 is 11.9 Å². The Morgan fingerprint density at radius 3 is 1.76 bits per heavy atom. The van der Waals surface area contributed by atoms with Gasteiger partial charge < -0.3 is 14.2 Å². The number of esters is 2. The van der Waals surface area contributed by atoms with E-state index in [1.807, 2.05) is 19.1 Å². The first-order valence-corrected chi connectivity index (χ1v) is 8.72. The fourth-order valence-corrected chi connectivity index (χ4v) is 2.54. The molecular weight excluding hydrogens is 388 g/mol. The molecule has 0 saturated heterocycles. The second kappa shape index (κ2) is 9.80. The maximum absolute atomic E-state index is 12.3. The van der Waals surface area contributed by atoms with Crippen LogP contribution < -0.4 is 14.2 Å². The van der Waals surface area contributed by atoms with E-state index >= 15 is 0 Å². The topological polar surface area (TPSA) is 61.8 Å². The Labute approximate surface area is 176 Å². The van der Waals surface area contributed by atoms with Crippen molar-refractivity contribution in [3.63, 3.8) is 0 Å². The minimum Gasteiger partial charge on any atom is -0.497 e. The van der Waals surface area contributed by atoms with E-state index in [1.54, 1.807) is 68.6 Å². The van der Waals surface area contributed by atoms with E-state index in [9.17, 15) is 9.59 Å². The molecule has 0 bridgehead atoms. The maximum atomic E-state index is 12.3. The minimum absolute atomic E-state index is 0. The summed E-state index contributed by atoms with van der Waals surface area (Å²) in [6.45, 7) is 3.73. The van der Waals surface area contributed by atoms with Gasteiger partial charge in [0.25, 0.3) is 0 Å². The van der Waals surface area contributed by atoms with Gasteiger partial charge in [-0.05, 0) is 74.0 Å². The van der Waals surface area contributed by atoms with Gasteiger partial charge in [-0.3, -0.25) is 0 Å². The normalized spacial score (nSPS) is 9.90. The Morgan fingerprint density at radius 1 is 0.690 bits per heavy atom. The van der Waals surface area contributed by atoms with Crippen molar-refractivity contribution < 1.29 is 23.8 Å². The van der Waals surface area contributed by atoms with Crippen molar-refractivity contribution in [3.05, 3.63) is 89.0 Å². The van der Waals surface area contributed by atoms with Gasteiger partial charge >= 0.3 is 11.9 Å². The molecule has 6 heteroatoms. The first-order chi connectivity index (χ1) is 13.5. The average Bonchev–Trinajstić information content (AvgIpc) is 2.70. The summed E-state index contributed by atoms with van der Waals surface area (Å²) in [4.78, 5) is 24.5. The van der Waals surface area contributed by atoms with Crippen LogP contribution in [0.2, 0.25) is 0 Å². The summed E-state index contributed by atoms with van der Waals surface area (Å²) in [6.07, 6.45) is 0. The summed E-state index contributed by atoms with van der Waals surface area (Å²) in [5.74, 6) is 0.522. The molecule has 0 atom stereocenters. The summed E-state index contributed by atoms with van der Waals surface area (Å²) in [5, 5.41) is 0. The Bertz CT molecular complexity index is 995. The molecule has 0 N–H and O–H groups in total. The molecule has 0 unspecified atom stereocenters. The molecule has 0 aliphatic rings. The molecule has 0 spiro atoms. The van der Waals surface area contributed by atoms with Gasteiger partial charge in [0.05, 0.1) is 18.2 Å². The number of hydrogen-bond acceptors (Lipinski definition) is 5. The Kier molecular flexibility index (Phi) is 7.45. The number of benzene rings is 3. The molecule has 3 aromatic carbocycles. The summed E-state index contributed by atoms with van der Waals surface area (Å²) in [6, 6.07) is 18.6. The van der Waals surface area contributed by atoms with Gasteiger partial charge in [-0.2, -0.15) is 13.5 Å². The predicted octanol–water partition coefficient (Wildman–Crippen LogP) is 4.86. The van der Waals surface area contributed by atoms with E-state index in [0.717, 1.165) is 5.56 Å². The Balaban J connectivity index is 0.00000300. The van der Waals surface area contributed by atoms with Gasteiger partial charge in [-0.15, -0.1) is 0 Å². The van der Waals surface area contributed by atoms with E-state index in [4.69, 9.17) is 14.2 Å². The molecule has 0 aromatic heterocycles. The minimum atomic E-state index is -0.477. The number of rotatable bonds is 5. The average molecular weight is 410 g/mol. The molecule has 0 fully saturated rings. The third-order valence-corrected chi connectivity index (χ3v) is 4.17. The van der Waals surface area contributed by atoms with Crippen LogP contribution in [-0.2, 0) is 0 Å². The quantitative estimate of drug-likeness (QED) is 0.444. The molecule has 0 radical (unpaired) electrons. The number of aryl methyl sites for hydroxylation is 2. The van der Waals surface area contributed by atoms with Crippen molar-refractivity contribution in [1.82, 2.24) is 0 Å². The van der Waals surface area contributed by atoms with Crippen molar-refractivity contribution >= 4 is 25.4 Å². The number of ether oxygens (including phenoxy) is 3. The smallest absolute Gasteiger partial charge is 0.343 e. The van der Waals surface area contributed by atoms with Crippen LogP contribution in [-0.4, -0.2) is 19.0 Å². The molecule has 0 heterocycles. The lowest BCUT2D eigenvalue weighted by Gasteiger charge is -2.10. The fourth-order valence-electron chi connectivity index (χ4n) is 2.54. The number of methoxy groups -OCH3 is 1. The highest BCUT2D eigenvalue weighted by Crippen LogP contribution is 2.25. The van der Waals surface area contributed by atoms with Gasteiger partial charge in [0.2, 0.25) is 0 Å². The molecule has 150 valence electrons. The van der Waals surface area contributed by atoms with Gasteiger partial charge in [0.15, 0.2) is 0 Å². The zero-order valence-corrected chi connectivity index (χ0v) is 17.4. The van der Waals surface area contributed by atoms with Crippen LogP contribution in [0.3, 0.4) is 0 Å². The highest BCUT2D eigenvalue weighted by atomic mass is 32.1. The molecule has 3 aromatic rings. The van der Waals surface area contributed by atoms with Crippen molar-refractivity contribution in [3.8, 4) is 17.2 Å². The largest absolute Gasteiger partial charge is 0.497 e. The van der Waals surface area contributed by atoms with Gasteiger partial charge in [0.1, 0.15) is 17.2 Å². The van der Waals surface area contributed by atoms with Crippen molar-refractivity contribution in [2.75, 3.05) is 7.11 Å². The first-order valence-electron chi connectivity index (χ1n) is 8.72. The molecule has 0 aliphatic carbocycles. The summed E-state index contributed by atoms with van der Waals surface area (Å²) >= 11 is 0. The van der Waals surface area contributed by atoms with E-state index in [0.29, 0.717) is 33.9 Å². The van der Waals surface area contributed by atoms with Crippen LogP contribution in [0.4, 0.5) is 0 Å². The first kappa shape index (κ1) is 22.0. The number of hydrogen-bond donors (Lipinski definition) is 0. The molecule has 3 rings (SSSR count). The summed E-state index contributed by atoms with van der Waals surface area (Å²) in [5.41, 5.74) is 2.62. The molecule has 0 aliphatic heterocycles. The summed E-state index contributed by atoms with van der Waals surface area (Å²) in [7, 11) is 1.56. The maximum Gasteiger partial charge on any atom is 0.343 e. The zero-order chi connectivity index (χ0) is 20.1. The van der Waals surface area contributed by atoms with Gasteiger partial charge in [0, 0.05) is 0 Å². The van der Waals surface area contributed by atoms with E-state index in [-0.39, 0.29) is 13.5 Å². The molecule has 5 nitrogen and oxygen atoms in total. The van der Waals surface area contributed by atoms with E-state index in [1.165, 1.54) is 0 Å². The van der Waals surface area contributed by atoms with Crippen LogP contribution >= 0.6 is 13.5 Å². The van der Waals surface area contributed by atoms with Crippen LogP contribution in [0.25, 0.3) is 0 Å². The molecule has 0 saturated carbocycles. The van der Waals surface area contributed by atoms with Crippen molar-refractivity contribution in [2.45, 2.75) is 13.8 Å². The lowest BCUT2D eigenvalue weighted by molar-refractivity contribution is 0.0718. The standard InChI is InChI=1S/C23H20O5.H2S/c1-15-4-6-17(7-5-15)22(24)27-20-12-13-21(16(2)14-20)28-23(25)18-8-10-19(26-3)11-9-18;/h4-14H,1-3H3;1H2. The molecular formula is C23H22O5S. The van der Waals surface area contributed by atoms with Crippen LogP contribution in [0.5, 0.6) is 17.2 Å². The molecule has 29 heavy (non-hydrogen) atoms. The van der Waals surface area contributed by atoms with Crippen molar-refractivity contribution in [1.29, 1.82) is 0 Å². The third kappa shape index (κ3) is 5.62. The Morgan fingerprint density at radius 2 is 1.21 bits per heavy atom. The van der Waals surface area contributed by atoms with Gasteiger partial charge in [-0.1, -0.05) is 17.7 Å². The van der Waals surface area contributed by atoms with Crippen LogP contribution in [0, 0.1) is 13.8 Å². The highest BCUT2D eigenvalue weighted by molar-refractivity contribution is 7.59. The number of carbonyl (C=O) groups excluding carboxylic acids is 2. The Hall–Kier alpha value is -3.25. The van der Waals surface area contributed by atoms with Crippen LogP contribution in [0.1, 0.15) is 31.8 Å². The lowest BCUT2D eigenvalue weighted by atomic mass is 10.1. The van der Waals surface area contributed by atoms with E-state index in [2.05, 4.69) is 0 Å². The predicted molar refractivity (Wildman–Crippen MR) is 116 cm³/mol. The van der Waals surface area contributed by atoms with Gasteiger partial charge in [-0.25, -0.2) is 9.59 Å². The highest BCUT2D eigenvalue weighted by Gasteiger charge is 2.13. The lowest BCUT2D eigenvalue weighted by Crippen LogP contribution is -2.10. The second-order valence-electron chi connectivity index (χ2n) is 6.30.